The van der Waals surface area contributed by atoms with Crippen molar-refractivity contribution in [2.45, 2.75) is 12.3 Å². The summed E-state index contributed by atoms with van der Waals surface area (Å²) in [7, 11) is 0. The van der Waals surface area contributed by atoms with Crippen molar-refractivity contribution in [1.29, 1.82) is 0 Å². The van der Waals surface area contributed by atoms with Crippen LogP contribution in [0.25, 0.3) is 10.9 Å². The first-order chi connectivity index (χ1) is 15.8. The van der Waals surface area contributed by atoms with Crippen LogP contribution in [0.1, 0.15) is 23.5 Å². The van der Waals surface area contributed by atoms with E-state index in [1.807, 2.05) is 36.5 Å². The Morgan fingerprint density at radius 1 is 1.03 bits per heavy atom. The molecule has 0 aliphatic carbocycles. The quantitative estimate of drug-likeness (QED) is 0.597. The van der Waals surface area contributed by atoms with Gasteiger partial charge in [-0.25, -0.2) is 0 Å². The molecule has 7 heteroatoms. The van der Waals surface area contributed by atoms with Gasteiger partial charge in [-0.3, -0.25) is 9.69 Å². The molecule has 2 aliphatic rings. The molecule has 0 radical (unpaired) electrons. The predicted octanol–water partition coefficient (Wildman–Crippen LogP) is 2.91. The Bertz CT molecular complexity index is 1070. The van der Waals surface area contributed by atoms with Crippen LogP contribution in [-0.2, 0) is 9.53 Å². The number of rotatable bonds is 7. The van der Waals surface area contributed by atoms with E-state index in [0.717, 1.165) is 66.4 Å². The highest BCUT2D eigenvalue weighted by atomic mass is 16.6. The molecule has 1 aromatic heterocycles. The van der Waals surface area contributed by atoms with Gasteiger partial charge in [0.05, 0.1) is 13.2 Å². The lowest BCUT2D eigenvalue weighted by Crippen LogP contribution is -2.41. The maximum Gasteiger partial charge on any atom is 0.220 e. The first-order valence-electron chi connectivity index (χ1n) is 11.3. The highest BCUT2D eigenvalue weighted by Crippen LogP contribution is 2.38. The molecule has 3 heterocycles. The van der Waals surface area contributed by atoms with E-state index >= 15 is 0 Å². The fourth-order valence-corrected chi connectivity index (χ4v) is 4.50. The number of nitrogens with one attached hydrogen (secondary N) is 2. The second-order valence-electron chi connectivity index (χ2n) is 8.25. The minimum atomic E-state index is -0.0923. The minimum Gasteiger partial charge on any atom is -0.486 e. The molecule has 0 unspecified atom stereocenters. The summed E-state index contributed by atoms with van der Waals surface area (Å²) in [6, 6.07) is 14.2. The number of morpholine rings is 1. The van der Waals surface area contributed by atoms with Crippen LogP contribution in [0.5, 0.6) is 11.5 Å². The molecule has 0 spiro atoms. The number of aromatic nitrogens is 1. The average molecular weight is 436 g/mol. The molecule has 2 aromatic carbocycles. The molecule has 0 saturated carbocycles. The average Bonchev–Trinajstić information content (AvgIpc) is 3.27. The first-order valence-corrected chi connectivity index (χ1v) is 11.3. The summed E-state index contributed by atoms with van der Waals surface area (Å²) in [6.45, 7) is 5.95. The lowest BCUT2D eigenvalue weighted by atomic mass is 9.87. The van der Waals surface area contributed by atoms with Gasteiger partial charge in [0.25, 0.3) is 0 Å². The van der Waals surface area contributed by atoms with E-state index in [2.05, 4.69) is 27.3 Å². The Balaban J connectivity index is 1.35. The molecule has 1 fully saturated rings. The van der Waals surface area contributed by atoms with Gasteiger partial charge in [-0.2, -0.15) is 0 Å². The number of amides is 1. The Morgan fingerprint density at radius 2 is 1.84 bits per heavy atom. The molecule has 3 aromatic rings. The van der Waals surface area contributed by atoms with Crippen molar-refractivity contribution in [3.8, 4) is 11.5 Å². The zero-order valence-electron chi connectivity index (χ0n) is 18.1. The third-order valence-electron chi connectivity index (χ3n) is 6.21. The van der Waals surface area contributed by atoms with Crippen LogP contribution in [0.3, 0.4) is 0 Å². The summed E-state index contributed by atoms with van der Waals surface area (Å²) in [5, 5.41) is 4.25. The van der Waals surface area contributed by atoms with Crippen molar-refractivity contribution < 1.29 is 19.0 Å². The van der Waals surface area contributed by atoms with E-state index in [-0.39, 0.29) is 11.8 Å². The zero-order chi connectivity index (χ0) is 21.8. The van der Waals surface area contributed by atoms with Crippen molar-refractivity contribution in [3.05, 3.63) is 59.8 Å². The molecule has 2 N–H and O–H groups in total. The van der Waals surface area contributed by atoms with Gasteiger partial charge in [-0.15, -0.1) is 0 Å². The lowest BCUT2D eigenvalue weighted by molar-refractivity contribution is -0.121. The van der Waals surface area contributed by atoms with Crippen molar-refractivity contribution in [2.24, 2.45) is 0 Å². The number of para-hydroxylation sites is 1. The van der Waals surface area contributed by atoms with Gasteiger partial charge < -0.3 is 24.5 Å². The molecule has 2 aliphatic heterocycles. The summed E-state index contributed by atoms with van der Waals surface area (Å²) < 4.78 is 16.9. The number of H-pyrrole nitrogens is 1. The van der Waals surface area contributed by atoms with Gasteiger partial charge >= 0.3 is 0 Å². The molecule has 1 atom stereocenters. The van der Waals surface area contributed by atoms with E-state index in [1.54, 1.807) is 0 Å². The maximum atomic E-state index is 13.0. The summed E-state index contributed by atoms with van der Waals surface area (Å²) in [5.74, 6) is 1.45. The number of fused-ring (bicyclic) bond motifs is 2. The number of carbonyl (C=O) groups excluding carboxylic acids is 1. The van der Waals surface area contributed by atoms with Gasteiger partial charge in [0.1, 0.15) is 13.2 Å². The molecule has 0 bridgehead atoms. The summed E-state index contributed by atoms with van der Waals surface area (Å²) in [5.41, 5.74) is 3.22. The topological polar surface area (TPSA) is 75.8 Å². The van der Waals surface area contributed by atoms with Crippen molar-refractivity contribution >= 4 is 16.8 Å². The minimum absolute atomic E-state index is 0.0448. The van der Waals surface area contributed by atoms with E-state index in [1.165, 1.54) is 0 Å². The Morgan fingerprint density at radius 3 is 2.72 bits per heavy atom. The number of hydrogen-bond acceptors (Lipinski definition) is 5. The van der Waals surface area contributed by atoms with Gasteiger partial charge in [-0.1, -0.05) is 24.3 Å². The fraction of sp³-hybridized carbons (Fsp3) is 0.400. The standard InChI is InChI=1S/C25H29N3O4/c29-25(26-7-8-28-9-11-30-12-10-28)16-20(21-17-27-22-4-2-1-3-19(21)22)18-5-6-23-24(15-18)32-14-13-31-23/h1-6,15,17,20,27H,7-14,16H2,(H,26,29)/t20-/m1/s1. The molecule has 32 heavy (non-hydrogen) atoms. The number of carbonyl (C=O) groups is 1. The number of benzene rings is 2. The fourth-order valence-electron chi connectivity index (χ4n) is 4.50. The number of nitrogens with zero attached hydrogens (tertiary/aromatic N) is 1. The highest BCUT2D eigenvalue weighted by Gasteiger charge is 2.24. The van der Waals surface area contributed by atoms with Crippen LogP contribution in [0.15, 0.2) is 48.7 Å². The lowest BCUT2D eigenvalue weighted by Gasteiger charge is -2.26. The van der Waals surface area contributed by atoms with Gasteiger partial charge in [-0.05, 0) is 29.3 Å². The third kappa shape index (κ3) is 4.59. The van der Waals surface area contributed by atoms with Gasteiger partial charge in [0, 0.05) is 55.6 Å². The van der Waals surface area contributed by atoms with Crippen molar-refractivity contribution in [2.75, 3.05) is 52.6 Å². The van der Waals surface area contributed by atoms with Gasteiger partial charge in [0.2, 0.25) is 5.91 Å². The van der Waals surface area contributed by atoms with Crippen LogP contribution in [0, 0.1) is 0 Å². The van der Waals surface area contributed by atoms with Gasteiger partial charge in [0.15, 0.2) is 11.5 Å². The number of aromatic amines is 1. The smallest absolute Gasteiger partial charge is 0.220 e. The second-order valence-corrected chi connectivity index (χ2v) is 8.25. The highest BCUT2D eigenvalue weighted by molar-refractivity contribution is 5.86. The third-order valence-corrected chi connectivity index (χ3v) is 6.21. The van der Waals surface area contributed by atoms with Crippen molar-refractivity contribution in [3.63, 3.8) is 0 Å². The normalized spacial score (nSPS) is 17.2. The van der Waals surface area contributed by atoms with E-state index in [9.17, 15) is 4.79 Å². The SMILES string of the molecule is O=C(C[C@H](c1ccc2c(c1)OCCO2)c1c[nH]c2ccccc12)NCCN1CCOCC1. The molecule has 168 valence electrons. The molecule has 1 saturated heterocycles. The van der Waals surface area contributed by atoms with E-state index in [4.69, 9.17) is 14.2 Å². The molecular formula is C25H29N3O4. The van der Waals surface area contributed by atoms with E-state index in [0.29, 0.717) is 26.2 Å². The number of ether oxygens (including phenoxy) is 3. The van der Waals surface area contributed by atoms with Crippen LogP contribution in [-0.4, -0.2) is 68.4 Å². The predicted molar refractivity (Wildman–Crippen MR) is 122 cm³/mol. The molecule has 5 rings (SSSR count). The molecule has 1 amide bonds. The first kappa shape index (κ1) is 20.8. The molecular weight excluding hydrogens is 406 g/mol. The zero-order valence-corrected chi connectivity index (χ0v) is 18.1. The van der Waals surface area contributed by atoms with Crippen LogP contribution in [0.4, 0.5) is 0 Å². The van der Waals surface area contributed by atoms with Crippen LogP contribution in [0.2, 0.25) is 0 Å². The monoisotopic (exact) mass is 435 g/mol. The van der Waals surface area contributed by atoms with Crippen LogP contribution < -0.4 is 14.8 Å². The Labute approximate surface area is 187 Å². The largest absolute Gasteiger partial charge is 0.486 e. The Hall–Kier alpha value is -3.03. The second kappa shape index (κ2) is 9.63. The Kier molecular flexibility index (Phi) is 6.27. The summed E-state index contributed by atoms with van der Waals surface area (Å²) in [6.07, 6.45) is 2.39. The summed E-state index contributed by atoms with van der Waals surface area (Å²) >= 11 is 0. The molecule has 7 nitrogen and oxygen atoms in total. The van der Waals surface area contributed by atoms with Crippen molar-refractivity contribution in [1.82, 2.24) is 15.2 Å². The van der Waals surface area contributed by atoms with E-state index < -0.39 is 0 Å². The summed E-state index contributed by atoms with van der Waals surface area (Å²) in [4.78, 5) is 18.6. The number of hydrogen-bond donors (Lipinski definition) is 2. The van der Waals surface area contributed by atoms with Crippen LogP contribution >= 0.6 is 0 Å². The maximum absolute atomic E-state index is 13.0.